The van der Waals surface area contributed by atoms with Crippen LogP contribution in [0.15, 0.2) is 36.4 Å². The summed E-state index contributed by atoms with van der Waals surface area (Å²) in [6.07, 6.45) is 2.61. The lowest BCUT2D eigenvalue weighted by Crippen LogP contribution is -2.33. The van der Waals surface area contributed by atoms with E-state index in [1.165, 1.54) is 37.0 Å². The molecular formula is C16H19BrN2. The average Bonchev–Trinajstić information content (AvgIpc) is 2.48. The number of para-hydroxylation sites is 1. The first-order valence-corrected chi connectivity index (χ1v) is 8.10. The van der Waals surface area contributed by atoms with Crippen LogP contribution in [0.3, 0.4) is 0 Å². The summed E-state index contributed by atoms with van der Waals surface area (Å²) < 4.78 is 0. The molecule has 3 rings (SSSR count). The van der Waals surface area contributed by atoms with Gasteiger partial charge in [-0.2, -0.15) is 0 Å². The zero-order chi connectivity index (χ0) is 13.1. The number of nitrogens with zero attached hydrogens (tertiary/aromatic N) is 2. The topological polar surface area (TPSA) is 16.1 Å². The fourth-order valence-electron chi connectivity index (χ4n) is 2.72. The third-order valence-corrected chi connectivity index (χ3v) is 4.88. The summed E-state index contributed by atoms with van der Waals surface area (Å²) in [4.78, 5) is 7.28. The van der Waals surface area contributed by atoms with Crippen molar-refractivity contribution in [2.45, 2.75) is 19.4 Å². The number of rotatable bonds is 3. The fourth-order valence-corrected chi connectivity index (χ4v) is 3.37. The molecule has 100 valence electrons. The molecule has 3 heteroatoms. The Bertz CT molecular complexity index is 547. The summed E-state index contributed by atoms with van der Waals surface area (Å²) in [7, 11) is 0. The number of benzene rings is 1. The highest BCUT2D eigenvalue weighted by molar-refractivity contribution is 9.09. The van der Waals surface area contributed by atoms with Crippen molar-refractivity contribution in [2.24, 2.45) is 5.92 Å². The summed E-state index contributed by atoms with van der Waals surface area (Å²) in [6.45, 7) is 3.38. The van der Waals surface area contributed by atoms with Crippen molar-refractivity contribution in [3.8, 4) is 0 Å². The van der Waals surface area contributed by atoms with Crippen molar-refractivity contribution in [1.82, 2.24) is 9.88 Å². The van der Waals surface area contributed by atoms with Gasteiger partial charge in [0.05, 0.1) is 11.2 Å². The van der Waals surface area contributed by atoms with E-state index in [0.29, 0.717) is 0 Å². The number of alkyl halides is 1. The highest BCUT2D eigenvalue weighted by atomic mass is 79.9. The molecule has 0 atom stereocenters. The van der Waals surface area contributed by atoms with Gasteiger partial charge in [-0.25, -0.2) is 0 Å². The maximum absolute atomic E-state index is 4.76. The van der Waals surface area contributed by atoms with Crippen molar-refractivity contribution in [3.05, 3.63) is 42.1 Å². The van der Waals surface area contributed by atoms with E-state index in [4.69, 9.17) is 4.98 Å². The maximum atomic E-state index is 4.76. The van der Waals surface area contributed by atoms with Crippen LogP contribution in [0.5, 0.6) is 0 Å². The molecular weight excluding hydrogens is 300 g/mol. The van der Waals surface area contributed by atoms with Gasteiger partial charge in [-0.1, -0.05) is 40.2 Å². The molecule has 0 spiro atoms. The molecule has 2 nitrogen and oxygen atoms in total. The molecule has 2 aromatic rings. The summed E-state index contributed by atoms with van der Waals surface area (Å²) in [6, 6.07) is 12.7. The third-order valence-electron chi connectivity index (χ3n) is 3.97. The van der Waals surface area contributed by atoms with E-state index in [1.54, 1.807) is 0 Å². The molecule has 0 aliphatic carbocycles. The largest absolute Gasteiger partial charge is 0.297 e. The van der Waals surface area contributed by atoms with E-state index in [9.17, 15) is 0 Å². The average molecular weight is 319 g/mol. The summed E-state index contributed by atoms with van der Waals surface area (Å²) in [5.41, 5.74) is 2.30. The van der Waals surface area contributed by atoms with Gasteiger partial charge >= 0.3 is 0 Å². The van der Waals surface area contributed by atoms with E-state index in [0.717, 1.165) is 23.3 Å². The van der Waals surface area contributed by atoms with Crippen molar-refractivity contribution < 1.29 is 0 Å². The minimum atomic E-state index is 0.862. The molecule has 0 amide bonds. The number of likely N-dealkylation sites (tertiary alicyclic amines) is 1. The minimum absolute atomic E-state index is 0.862. The van der Waals surface area contributed by atoms with Crippen LogP contribution < -0.4 is 0 Å². The number of piperidine rings is 1. The lowest BCUT2D eigenvalue weighted by atomic mass is 9.99. The van der Waals surface area contributed by atoms with Crippen molar-refractivity contribution in [1.29, 1.82) is 0 Å². The lowest BCUT2D eigenvalue weighted by Gasteiger charge is -2.30. The number of aromatic nitrogens is 1. The molecule has 2 heterocycles. The molecule has 0 bridgehead atoms. The predicted molar refractivity (Wildman–Crippen MR) is 83.5 cm³/mol. The van der Waals surface area contributed by atoms with Crippen LogP contribution in [0.1, 0.15) is 18.5 Å². The molecule has 1 aliphatic heterocycles. The van der Waals surface area contributed by atoms with Gasteiger partial charge in [-0.3, -0.25) is 9.88 Å². The van der Waals surface area contributed by atoms with Gasteiger partial charge < -0.3 is 0 Å². The van der Waals surface area contributed by atoms with Gasteiger partial charge in [0.1, 0.15) is 0 Å². The Morgan fingerprint density at radius 2 is 1.89 bits per heavy atom. The van der Waals surface area contributed by atoms with E-state index in [1.807, 2.05) is 0 Å². The maximum Gasteiger partial charge on any atom is 0.0705 e. The van der Waals surface area contributed by atoms with Gasteiger partial charge in [0.15, 0.2) is 0 Å². The Hall–Kier alpha value is -0.930. The third kappa shape index (κ3) is 3.15. The van der Waals surface area contributed by atoms with Crippen LogP contribution in [-0.4, -0.2) is 28.3 Å². The van der Waals surface area contributed by atoms with Gasteiger partial charge in [-0.05, 0) is 44.0 Å². The number of pyridine rings is 1. The minimum Gasteiger partial charge on any atom is -0.297 e. The van der Waals surface area contributed by atoms with Crippen LogP contribution in [0.2, 0.25) is 0 Å². The fraction of sp³-hybridized carbons (Fsp3) is 0.438. The second kappa shape index (κ2) is 6.02. The Balaban J connectivity index is 1.68. The van der Waals surface area contributed by atoms with E-state index in [-0.39, 0.29) is 0 Å². The molecule has 1 aromatic carbocycles. The second-order valence-corrected chi connectivity index (χ2v) is 6.02. The van der Waals surface area contributed by atoms with Gasteiger partial charge in [-0.15, -0.1) is 0 Å². The van der Waals surface area contributed by atoms with Crippen LogP contribution in [0, 0.1) is 5.92 Å². The highest BCUT2D eigenvalue weighted by Gasteiger charge is 2.18. The van der Waals surface area contributed by atoms with E-state index < -0.39 is 0 Å². The molecule has 0 saturated carbocycles. The van der Waals surface area contributed by atoms with Crippen molar-refractivity contribution in [3.63, 3.8) is 0 Å². The monoisotopic (exact) mass is 318 g/mol. The standard InChI is InChI=1S/C16H19BrN2/c17-11-13-7-9-19(10-8-13)12-15-6-5-14-3-1-2-4-16(14)18-15/h1-6,13H,7-12H2. The molecule has 1 aliphatic rings. The zero-order valence-electron chi connectivity index (χ0n) is 11.1. The first-order chi connectivity index (χ1) is 9.35. The first kappa shape index (κ1) is 13.1. The number of fused-ring (bicyclic) bond motifs is 1. The quantitative estimate of drug-likeness (QED) is 0.799. The second-order valence-electron chi connectivity index (χ2n) is 5.37. The summed E-state index contributed by atoms with van der Waals surface area (Å²) in [5, 5.41) is 2.37. The Kier molecular flexibility index (Phi) is 4.14. The number of hydrogen-bond donors (Lipinski definition) is 0. The lowest BCUT2D eigenvalue weighted by molar-refractivity contribution is 0.186. The molecule has 1 fully saturated rings. The number of hydrogen-bond acceptors (Lipinski definition) is 2. The normalized spacial score (nSPS) is 17.9. The smallest absolute Gasteiger partial charge is 0.0705 e. The molecule has 1 aromatic heterocycles. The molecule has 0 N–H and O–H groups in total. The highest BCUT2D eigenvalue weighted by Crippen LogP contribution is 2.20. The van der Waals surface area contributed by atoms with Gasteiger partial charge in [0.2, 0.25) is 0 Å². The first-order valence-electron chi connectivity index (χ1n) is 6.98. The zero-order valence-corrected chi connectivity index (χ0v) is 12.6. The Labute approximate surface area is 123 Å². The molecule has 1 saturated heterocycles. The molecule has 0 radical (unpaired) electrons. The predicted octanol–water partition coefficient (Wildman–Crippen LogP) is 3.84. The molecule has 19 heavy (non-hydrogen) atoms. The number of halogens is 1. The van der Waals surface area contributed by atoms with E-state index >= 15 is 0 Å². The van der Waals surface area contributed by atoms with Gasteiger partial charge in [0, 0.05) is 17.3 Å². The van der Waals surface area contributed by atoms with Crippen LogP contribution in [0.4, 0.5) is 0 Å². The summed E-state index contributed by atoms with van der Waals surface area (Å²) >= 11 is 3.59. The Morgan fingerprint density at radius 3 is 2.68 bits per heavy atom. The summed E-state index contributed by atoms with van der Waals surface area (Å²) in [5.74, 6) is 0.862. The van der Waals surface area contributed by atoms with Gasteiger partial charge in [0.25, 0.3) is 0 Å². The van der Waals surface area contributed by atoms with Crippen LogP contribution in [0.25, 0.3) is 10.9 Å². The SMILES string of the molecule is BrCC1CCN(Cc2ccc3ccccc3n2)CC1. The Morgan fingerprint density at radius 1 is 1.11 bits per heavy atom. The van der Waals surface area contributed by atoms with Crippen LogP contribution in [-0.2, 0) is 6.54 Å². The van der Waals surface area contributed by atoms with E-state index in [2.05, 4.69) is 57.2 Å². The molecule has 0 unspecified atom stereocenters. The van der Waals surface area contributed by atoms with Crippen molar-refractivity contribution >= 4 is 26.8 Å². The van der Waals surface area contributed by atoms with Crippen LogP contribution >= 0.6 is 15.9 Å². The van der Waals surface area contributed by atoms with Crippen molar-refractivity contribution in [2.75, 3.05) is 18.4 Å².